The highest BCUT2D eigenvalue weighted by atomic mass is 35.5. The van der Waals surface area contributed by atoms with Crippen LogP contribution in [0, 0.1) is 0 Å². The van der Waals surface area contributed by atoms with Gasteiger partial charge in [0.25, 0.3) is 5.91 Å². The highest BCUT2D eigenvalue weighted by molar-refractivity contribution is 7.17. The van der Waals surface area contributed by atoms with E-state index in [1.54, 1.807) is 12.1 Å². The molecule has 4 nitrogen and oxygen atoms in total. The molecule has 0 spiro atoms. The number of hydrogen-bond acceptors (Lipinski definition) is 4. The number of thiophene rings is 1. The molecular formula is C17H18ClNO3S. The van der Waals surface area contributed by atoms with Gasteiger partial charge in [0.05, 0.1) is 4.34 Å². The van der Waals surface area contributed by atoms with Crippen molar-refractivity contribution in [3.63, 3.8) is 0 Å². The summed E-state index contributed by atoms with van der Waals surface area (Å²) in [7, 11) is 0. The molecule has 0 unspecified atom stereocenters. The summed E-state index contributed by atoms with van der Waals surface area (Å²) >= 11 is 6.89. The fourth-order valence-corrected chi connectivity index (χ4v) is 2.82. The lowest BCUT2D eigenvalue weighted by Gasteiger charge is -2.13. The maximum atomic E-state index is 12.1. The second-order valence-corrected chi connectivity index (χ2v) is 7.13. The Morgan fingerprint density at radius 2 is 1.74 bits per heavy atom. The molecule has 1 amide bonds. The van der Waals surface area contributed by atoms with Crippen LogP contribution in [-0.2, 0) is 9.53 Å². The number of nitrogens with one attached hydrogen (secondary N) is 1. The van der Waals surface area contributed by atoms with E-state index in [1.165, 1.54) is 12.5 Å². The normalized spacial score (nSPS) is 12.0. The minimum Gasteiger partial charge on any atom is -0.448 e. The smallest absolute Gasteiger partial charge is 0.349 e. The molecule has 2 rings (SSSR count). The number of anilines is 1. The summed E-state index contributed by atoms with van der Waals surface area (Å²) in [6, 6.07) is 10.8. The monoisotopic (exact) mass is 351 g/mol. The zero-order chi connectivity index (χ0) is 17.0. The summed E-state index contributed by atoms with van der Waals surface area (Å²) in [6.07, 6.45) is -0.895. The number of esters is 1. The molecule has 6 heteroatoms. The molecule has 2 aromatic rings. The van der Waals surface area contributed by atoms with E-state index in [1.807, 2.05) is 24.3 Å². The Labute approximate surface area is 144 Å². The van der Waals surface area contributed by atoms with Crippen LogP contribution in [-0.4, -0.2) is 18.0 Å². The first-order valence-corrected chi connectivity index (χ1v) is 8.43. The van der Waals surface area contributed by atoms with Gasteiger partial charge in [-0.2, -0.15) is 0 Å². The van der Waals surface area contributed by atoms with E-state index in [0.717, 1.165) is 11.3 Å². The Hall–Kier alpha value is -1.85. The van der Waals surface area contributed by atoms with Crippen molar-refractivity contribution in [2.75, 3.05) is 5.32 Å². The van der Waals surface area contributed by atoms with Crippen molar-refractivity contribution < 1.29 is 14.3 Å². The fourth-order valence-electron chi connectivity index (χ4n) is 1.89. The maximum absolute atomic E-state index is 12.1. The SMILES string of the molecule is CC(C)c1ccc(NC(=O)[C@H](C)OC(=O)c2ccc(Cl)s2)cc1. The molecule has 1 aromatic carbocycles. The number of benzene rings is 1. The van der Waals surface area contributed by atoms with Gasteiger partial charge in [-0.05, 0) is 42.7 Å². The van der Waals surface area contributed by atoms with Crippen LogP contribution in [0.25, 0.3) is 0 Å². The predicted octanol–water partition coefficient (Wildman–Crippen LogP) is 4.71. The summed E-state index contributed by atoms with van der Waals surface area (Å²) in [5.74, 6) is -0.504. The minimum atomic E-state index is -0.895. The highest BCUT2D eigenvalue weighted by Crippen LogP contribution is 2.22. The first-order valence-electron chi connectivity index (χ1n) is 7.24. The molecular weight excluding hydrogens is 334 g/mol. The average molecular weight is 352 g/mol. The summed E-state index contributed by atoms with van der Waals surface area (Å²) in [4.78, 5) is 24.4. The number of ether oxygens (including phenoxy) is 1. The number of hydrogen-bond donors (Lipinski definition) is 1. The second kappa shape index (κ2) is 7.62. The molecule has 1 N–H and O–H groups in total. The Morgan fingerprint density at radius 3 is 2.26 bits per heavy atom. The van der Waals surface area contributed by atoms with Crippen molar-refractivity contribution in [3.05, 3.63) is 51.2 Å². The third-order valence-electron chi connectivity index (χ3n) is 3.27. The van der Waals surface area contributed by atoms with E-state index >= 15 is 0 Å². The van der Waals surface area contributed by atoms with Gasteiger partial charge in [-0.1, -0.05) is 37.6 Å². The molecule has 0 saturated carbocycles. The largest absolute Gasteiger partial charge is 0.448 e. The lowest BCUT2D eigenvalue weighted by molar-refractivity contribution is -0.123. The Kier molecular flexibility index (Phi) is 5.80. The molecule has 1 atom stereocenters. The lowest BCUT2D eigenvalue weighted by Crippen LogP contribution is -2.29. The molecule has 0 fully saturated rings. The van der Waals surface area contributed by atoms with Crippen LogP contribution in [0.15, 0.2) is 36.4 Å². The van der Waals surface area contributed by atoms with E-state index in [-0.39, 0.29) is 5.91 Å². The average Bonchev–Trinajstić information content (AvgIpc) is 2.94. The molecule has 0 bridgehead atoms. The first-order chi connectivity index (χ1) is 10.9. The zero-order valence-electron chi connectivity index (χ0n) is 13.1. The van der Waals surface area contributed by atoms with Crippen molar-refractivity contribution >= 4 is 40.5 Å². The van der Waals surface area contributed by atoms with Crippen molar-refractivity contribution in [2.45, 2.75) is 32.8 Å². The topological polar surface area (TPSA) is 55.4 Å². The van der Waals surface area contributed by atoms with Crippen LogP contribution in [0.4, 0.5) is 5.69 Å². The number of amides is 1. The Morgan fingerprint density at radius 1 is 1.09 bits per heavy atom. The third-order valence-corrected chi connectivity index (χ3v) is 4.48. The molecule has 23 heavy (non-hydrogen) atoms. The Balaban J connectivity index is 1.93. The summed E-state index contributed by atoms with van der Waals surface area (Å²) in [6.45, 7) is 5.74. The van der Waals surface area contributed by atoms with Gasteiger partial charge in [-0.3, -0.25) is 4.79 Å². The van der Waals surface area contributed by atoms with Gasteiger partial charge < -0.3 is 10.1 Å². The van der Waals surface area contributed by atoms with Gasteiger partial charge in [-0.15, -0.1) is 11.3 Å². The van der Waals surface area contributed by atoms with Crippen LogP contribution in [0.3, 0.4) is 0 Å². The molecule has 1 aromatic heterocycles. The van der Waals surface area contributed by atoms with Crippen LogP contribution < -0.4 is 5.32 Å². The molecule has 0 aliphatic rings. The predicted molar refractivity (Wildman–Crippen MR) is 93.4 cm³/mol. The maximum Gasteiger partial charge on any atom is 0.349 e. The minimum absolute atomic E-state index is 0.371. The lowest BCUT2D eigenvalue weighted by atomic mass is 10.0. The number of rotatable bonds is 5. The van der Waals surface area contributed by atoms with Crippen LogP contribution >= 0.6 is 22.9 Å². The van der Waals surface area contributed by atoms with E-state index in [9.17, 15) is 9.59 Å². The fraction of sp³-hybridized carbons (Fsp3) is 0.294. The molecule has 0 radical (unpaired) electrons. The zero-order valence-corrected chi connectivity index (χ0v) is 14.7. The van der Waals surface area contributed by atoms with Crippen LogP contribution in [0.2, 0.25) is 4.34 Å². The number of halogens is 1. The molecule has 0 aliphatic heterocycles. The van der Waals surface area contributed by atoms with E-state index < -0.39 is 12.1 Å². The van der Waals surface area contributed by atoms with Crippen molar-refractivity contribution in [1.29, 1.82) is 0 Å². The number of carbonyl (C=O) groups is 2. The highest BCUT2D eigenvalue weighted by Gasteiger charge is 2.20. The standard InChI is InChI=1S/C17H18ClNO3S/c1-10(2)12-4-6-13(7-5-12)19-16(20)11(3)22-17(21)14-8-9-15(18)23-14/h4-11H,1-3H3,(H,19,20)/t11-/m0/s1. The number of carbonyl (C=O) groups excluding carboxylic acids is 2. The van der Waals surface area contributed by atoms with E-state index in [4.69, 9.17) is 16.3 Å². The van der Waals surface area contributed by atoms with E-state index in [2.05, 4.69) is 19.2 Å². The van der Waals surface area contributed by atoms with Crippen LogP contribution in [0.1, 0.15) is 41.9 Å². The molecule has 122 valence electrons. The molecule has 0 aliphatic carbocycles. The Bertz CT molecular complexity index is 694. The third kappa shape index (κ3) is 4.81. The van der Waals surface area contributed by atoms with Gasteiger partial charge in [-0.25, -0.2) is 4.79 Å². The van der Waals surface area contributed by atoms with Gasteiger partial charge in [0.2, 0.25) is 0 Å². The first kappa shape index (κ1) is 17.5. The van der Waals surface area contributed by atoms with Crippen molar-refractivity contribution in [3.8, 4) is 0 Å². The summed E-state index contributed by atoms with van der Waals surface area (Å²) in [5.41, 5.74) is 1.86. The van der Waals surface area contributed by atoms with Crippen molar-refractivity contribution in [2.24, 2.45) is 0 Å². The summed E-state index contributed by atoms with van der Waals surface area (Å²) < 4.78 is 5.65. The summed E-state index contributed by atoms with van der Waals surface area (Å²) in [5, 5.41) is 2.73. The van der Waals surface area contributed by atoms with Gasteiger partial charge in [0.1, 0.15) is 4.88 Å². The van der Waals surface area contributed by atoms with E-state index in [0.29, 0.717) is 20.8 Å². The van der Waals surface area contributed by atoms with Crippen LogP contribution in [0.5, 0.6) is 0 Å². The van der Waals surface area contributed by atoms with Gasteiger partial charge in [0.15, 0.2) is 6.10 Å². The van der Waals surface area contributed by atoms with Crippen molar-refractivity contribution in [1.82, 2.24) is 0 Å². The van der Waals surface area contributed by atoms with Gasteiger partial charge in [0, 0.05) is 5.69 Å². The quantitative estimate of drug-likeness (QED) is 0.794. The second-order valence-electron chi connectivity index (χ2n) is 5.42. The van der Waals surface area contributed by atoms with Gasteiger partial charge >= 0.3 is 5.97 Å². The molecule has 1 heterocycles. The molecule has 0 saturated heterocycles.